The molecule has 0 aliphatic carbocycles. The molecule has 0 radical (unpaired) electrons. The van der Waals surface area contributed by atoms with Gasteiger partial charge >= 0.3 is 5.97 Å². The summed E-state index contributed by atoms with van der Waals surface area (Å²) in [6.07, 6.45) is 0. The fourth-order valence-corrected chi connectivity index (χ4v) is 3.19. The van der Waals surface area contributed by atoms with Crippen molar-refractivity contribution < 1.29 is 18.7 Å². The number of aromatic nitrogens is 1. The molecule has 122 valence electrons. The average molecular weight is 344 g/mol. The molecule has 0 fully saturated rings. The van der Waals surface area contributed by atoms with Gasteiger partial charge in [-0.1, -0.05) is 0 Å². The van der Waals surface area contributed by atoms with Gasteiger partial charge in [-0.3, -0.25) is 4.79 Å². The van der Waals surface area contributed by atoms with Crippen molar-refractivity contribution >= 4 is 39.0 Å². The number of anilines is 1. The number of nitrogen functional groups attached to an aromatic ring is 1. The number of ketones is 1. The minimum absolute atomic E-state index is 0.218. The zero-order chi connectivity index (χ0) is 17.3. The molecule has 3 aromatic rings. The summed E-state index contributed by atoms with van der Waals surface area (Å²) in [5.74, 6) is -1.54. The minimum Gasteiger partial charge on any atom is -0.453 e. The van der Waals surface area contributed by atoms with Gasteiger partial charge in [0.1, 0.15) is 15.5 Å². The second-order valence-electron chi connectivity index (χ2n) is 5.16. The predicted octanol–water partition coefficient (Wildman–Crippen LogP) is 3.37. The Kier molecular flexibility index (Phi) is 4.26. The summed E-state index contributed by atoms with van der Waals surface area (Å²) < 4.78 is 17.9. The third-order valence-corrected chi connectivity index (χ3v) is 4.51. The van der Waals surface area contributed by atoms with Crippen molar-refractivity contribution in [2.24, 2.45) is 0 Å². The van der Waals surface area contributed by atoms with Crippen LogP contribution in [0.5, 0.6) is 0 Å². The second-order valence-corrected chi connectivity index (χ2v) is 6.16. The predicted molar refractivity (Wildman–Crippen MR) is 89.8 cm³/mol. The average Bonchev–Trinajstić information content (AvgIpc) is 2.89. The van der Waals surface area contributed by atoms with E-state index in [2.05, 4.69) is 4.98 Å². The summed E-state index contributed by atoms with van der Waals surface area (Å²) in [4.78, 5) is 29.3. The molecular formula is C17H13FN2O3S. The number of fused-ring (bicyclic) bond motifs is 1. The van der Waals surface area contributed by atoms with Crippen LogP contribution in [0.3, 0.4) is 0 Å². The molecule has 24 heavy (non-hydrogen) atoms. The highest BCUT2D eigenvalue weighted by Crippen LogP contribution is 2.32. The van der Waals surface area contributed by atoms with Crippen molar-refractivity contribution in [2.75, 3.05) is 12.3 Å². The topological polar surface area (TPSA) is 82.3 Å². The van der Waals surface area contributed by atoms with E-state index in [1.54, 1.807) is 12.1 Å². The number of rotatable bonds is 4. The third kappa shape index (κ3) is 3.11. The molecule has 5 nitrogen and oxygen atoms in total. The third-order valence-electron chi connectivity index (χ3n) is 3.42. The fourth-order valence-electron chi connectivity index (χ4n) is 2.16. The van der Waals surface area contributed by atoms with Gasteiger partial charge in [0.05, 0.1) is 5.69 Å². The highest BCUT2D eigenvalue weighted by molar-refractivity contribution is 7.21. The molecule has 0 spiro atoms. The van der Waals surface area contributed by atoms with Crippen LogP contribution >= 0.6 is 11.3 Å². The largest absolute Gasteiger partial charge is 0.453 e. The number of thiophene rings is 1. The smallest absolute Gasteiger partial charge is 0.350 e. The molecule has 0 bridgehead atoms. The Bertz CT molecular complexity index is 935. The number of carbonyl (C=O) groups excluding carboxylic acids is 2. The number of esters is 1. The number of nitrogens with zero attached hydrogens (tertiary/aromatic N) is 1. The van der Waals surface area contributed by atoms with E-state index in [9.17, 15) is 14.0 Å². The van der Waals surface area contributed by atoms with Gasteiger partial charge in [-0.25, -0.2) is 14.2 Å². The van der Waals surface area contributed by atoms with E-state index < -0.39 is 24.2 Å². The SMILES string of the molecule is Cc1ccc2c(N)c(C(=O)OCC(=O)c3ccc(F)cc3)sc2n1. The molecule has 0 aliphatic rings. The fraction of sp³-hybridized carbons (Fsp3) is 0.118. The van der Waals surface area contributed by atoms with Gasteiger partial charge in [-0.2, -0.15) is 0 Å². The number of aryl methyl sites for hydroxylation is 1. The van der Waals surface area contributed by atoms with Crippen LogP contribution in [0.1, 0.15) is 25.7 Å². The second kappa shape index (κ2) is 6.37. The summed E-state index contributed by atoms with van der Waals surface area (Å²) in [5.41, 5.74) is 7.34. The van der Waals surface area contributed by atoms with Gasteiger partial charge in [0.25, 0.3) is 0 Å². The normalized spacial score (nSPS) is 10.8. The van der Waals surface area contributed by atoms with Crippen LogP contribution < -0.4 is 5.73 Å². The first-order valence-corrected chi connectivity index (χ1v) is 7.89. The Hall–Kier alpha value is -2.80. The number of ether oxygens (including phenoxy) is 1. The van der Waals surface area contributed by atoms with Crippen LogP contribution in [0.2, 0.25) is 0 Å². The van der Waals surface area contributed by atoms with E-state index in [0.29, 0.717) is 15.9 Å². The molecule has 0 saturated carbocycles. The number of pyridine rings is 1. The van der Waals surface area contributed by atoms with E-state index in [1.165, 1.54) is 24.3 Å². The van der Waals surface area contributed by atoms with E-state index in [0.717, 1.165) is 17.0 Å². The van der Waals surface area contributed by atoms with Crippen molar-refractivity contribution in [3.8, 4) is 0 Å². The number of benzene rings is 1. The summed E-state index contributed by atoms with van der Waals surface area (Å²) in [6, 6.07) is 8.63. The minimum atomic E-state index is -0.677. The van der Waals surface area contributed by atoms with E-state index >= 15 is 0 Å². The standard InChI is InChI=1S/C17H13FN2O3S/c1-9-2-7-12-14(19)15(24-16(12)20-9)17(22)23-8-13(21)10-3-5-11(18)6-4-10/h2-7H,8,19H2,1H3. The Labute approximate surface area is 140 Å². The first kappa shape index (κ1) is 16.1. The van der Waals surface area contributed by atoms with Gasteiger partial charge in [0, 0.05) is 16.6 Å². The number of nitrogens with two attached hydrogens (primary N) is 1. The quantitative estimate of drug-likeness (QED) is 0.580. The lowest BCUT2D eigenvalue weighted by atomic mass is 10.1. The summed E-state index contributed by atoms with van der Waals surface area (Å²) in [7, 11) is 0. The van der Waals surface area contributed by atoms with Crippen molar-refractivity contribution in [3.63, 3.8) is 0 Å². The van der Waals surface area contributed by atoms with Gasteiger partial charge in [-0.15, -0.1) is 11.3 Å². The highest BCUT2D eigenvalue weighted by atomic mass is 32.1. The van der Waals surface area contributed by atoms with E-state index in [1.807, 2.05) is 6.92 Å². The number of hydrogen-bond donors (Lipinski definition) is 1. The van der Waals surface area contributed by atoms with Crippen molar-refractivity contribution in [2.45, 2.75) is 6.92 Å². The monoisotopic (exact) mass is 344 g/mol. The first-order valence-electron chi connectivity index (χ1n) is 7.07. The van der Waals surface area contributed by atoms with Crippen molar-refractivity contribution in [1.82, 2.24) is 4.98 Å². The van der Waals surface area contributed by atoms with Gasteiger partial charge < -0.3 is 10.5 Å². The van der Waals surface area contributed by atoms with Crippen LogP contribution in [0.25, 0.3) is 10.2 Å². The Morgan fingerprint density at radius 3 is 2.62 bits per heavy atom. The number of hydrogen-bond acceptors (Lipinski definition) is 6. The number of halogens is 1. The van der Waals surface area contributed by atoms with E-state index in [4.69, 9.17) is 10.5 Å². The Balaban J connectivity index is 1.74. The maximum absolute atomic E-state index is 12.8. The maximum atomic E-state index is 12.8. The molecule has 2 N–H and O–H groups in total. The molecule has 3 rings (SSSR count). The molecular weight excluding hydrogens is 331 g/mol. The maximum Gasteiger partial charge on any atom is 0.350 e. The summed E-state index contributed by atoms with van der Waals surface area (Å²) in [6.45, 7) is 1.40. The molecule has 0 atom stereocenters. The molecule has 0 unspecified atom stereocenters. The molecule has 0 aliphatic heterocycles. The van der Waals surface area contributed by atoms with E-state index in [-0.39, 0.29) is 10.4 Å². The van der Waals surface area contributed by atoms with Crippen LogP contribution in [-0.4, -0.2) is 23.3 Å². The zero-order valence-electron chi connectivity index (χ0n) is 12.7. The lowest BCUT2D eigenvalue weighted by Crippen LogP contribution is -2.14. The first-order chi connectivity index (χ1) is 11.5. The lowest BCUT2D eigenvalue weighted by molar-refractivity contribution is 0.0480. The number of Topliss-reactive ketones (excluding diaryl/α,β-unsaturated/α-hetero) is 1. The Morgan fingerprint density at radius 2 is 1.92 bits per heavy atom. The van der Waals surface area contributed by atoms with Crippen LogP contribution in [0.4, 0.5) is 10.1 Å². The van der Waals surface area contributed by atoms with Crippen LogP contribution in [0.15, 0.2) is 36.4 Å². The molecule has 0 amide bonds. The van der Waals surface area contributed by atoms with Crippen molar-refractivity contribution in [3.05, 3.63) is 58.3 Å². The number of carbonyl (C=O) groups is 2. The van der Waals surface area contributed by atoms with Gasteiger partial charge in [0.15, 0.2) is 12.4 Å². The molecule has 2 aromatic heterocycles. The molecule has 1 aromatic carbocycles. The molecule has 0 saturated heterocycles. The van der Waals surface area contributed by atoms with Crippen LogP contribution in [0, 0.1) is 12.7 Å². The lowest BCUT2D eigenvalue weighted by Gasteiger charge is -2.03. The van der Waals surface area contributed by atoms with Gasteiger partial charge in [0.2, 0.25) is 0 Å². The zero-order valence-corrected chi connectivity index (χ0v) is 13.5. The highest BCUT2D eigenvalue weighted by Gasteiger charge is 2.20. The Morgan fingerprint density at radius 1 is 1.21 bits per heavy atom. The molecule has 7 heteroatoms. The van der Waals surface area contributed by atoms with Crippen molar-refractivity contribution in [1.29, 1.82) is 0 Å². The summed E-state index contributed by atoms with van der Waals surface area (Å²) >= 11 is 1.12. The van der Waals surface area contributed by atoms with Crippen LogP contribution in [-0.2, 0) is 4.74 Å². The summed E-state index contributed by atoms with van der Waals surface area (Å²) in [5, 5.41) is 0.683. The van der Waals surface area contributed by atoms with Gasteiger partial charge in [-0.05, 0) is 43.3 Å². The molecule has 2 heterocycles.